The van der Waals surface area contributed by atoms with Crippen LogP contribution in [0.4, 0.5) is 0 Å². The lowest BCUT2D eigenvalue weighted by atomic mass is 9.87. The summed E-state index contributed by atoms with van der Waals surface area (Å²) in [5.41, 5.74) is 3.47. The first kappa shape index (κ1) is 17.1. The first-order chi connectivity index (χ1) is 12.8. The maximum absolute atomic E-state index is 12.7. The second kappa shape index (κ2) is 7.52. The van der Waals surface area contributed by atoms with E-state index in [1.165, 1.54) is 24.1 Å². The Morgan fingerprint density at radius 3 is 2.81 bits per heavy atom. The van der Waals surface area contributed by atoms with Gasteiger partial charge in [-0.2, -0.15) is 0 Å². The first-order valence-corrected chi connectivity index (χ1v) is 9.63. The van der Waals surface area contributed by atoms with E-state index in [-0.39, 0.29) is 5.91 Å². The van der Waals surface area contributed by atoms with Gasteiger partial charge in [-0.25, -0.2) is 0 Å². The highest BCUT2D eigenvalue weighted by molar-refractivity contribution is 5.79. The molecule has 4 rings (SSSR count). The minimum Gasteiger partial charge on any atom is -0.496 e. The van der Waals surface area contributed by atoms with Crippen molar-refractivity contribution in [1.29, 1.82) is 0 Å². The summed E-state index contributed by atoms with van der Waals surface area (Å²) in [5.74, 6) is 2.45. The number of hydrogen-bond acceptors (Lipinski definition) is 4. The van der Waals surface area contributed by atoms with Crippen LogP contribution in [0.15, 0.2) is 28.8 Å². The van der Waals surface area contributed by atoms with Gasteiger partial charge < -0.3 is 14.2 Å². The smallest absolute Gasteiger partial charge is 0.227 e. The third kappa shape index (κ3) is 3.35. The third-order valence-corrected chi connectivity index (χ3v) is 5.74. The number of aryl methyl sites for hydroxylation is 1. The molecule has 0 radical (unpaired) electrons. The highest BCUT2D eigenvalue weighted by atomic mass is 16.5. The lowest BCUT2D eigenvalue weighted by Gasteiger charge is -2.31. The van der Waals surface area contributed by atoms with Crippen molar-refractivity contribution in [2.75, 3.05) is 20.2 Å². The van der Waals surface area contributed by atoms with Gasteiger partial charge in [0, 0.05) is 30.1 Å². The molecule has 0 spiro atoms. The normalized spacial score (nSPS) is 17.8. The molecule has 1 saturated heterocycles. The van der Waals surface area contributed by atoms with E-state index in [1.54, 1.807) is 7.11 Å². The van der Waals surface area contributed by atoms with Crippen LogP contribution in [0.3, 0.4) is 0 Å². The number of rotatable bonds is 4. The number of piperidine rings is 1. The number of aromatic nitrogens is 1. The number of fused-ring (bicyclic) bond motifs is 1. The van der Waals surface area contributed by atoms with Gasteiger partial charge in [0.15, 0.2) is 0 Å². The lowest BCUT2D eigenvalue weighted by molar-refractivity contribution is -0.131. The van der Waals surface area contributed by atoms with Crippen LogP contribution >= 0.6 is 0 Å². The number of likely N-dealkylation sites (tertiary alicyclic amines) is 1. The largest absolute Gasteiger partial charge is 0.496 e. The summed E-state index contributed by atoms with van der Waals surface area (Å²) in [4.78, 5) is 14.7. The second-order valence-corrected chi connectivity index (χ2v) is 7.32. The summed E-state index contributed by atoms with van der Waals surface area (Å²) in [6.07, 6.45) is 6.91. The molecule has 0 N–H and O–H groups in total. The van der Waals surface area contributed by atoms with E-state index < -0.39 is 0 Å². The molecule has 0 bridgehead atoms. The molecule has 26 heavy (non-hydrogen) atoms. The van der Waals surface area contributed by atoms with Crippen LogP contribution in [-0.2, 0) is 24.1 Å². The quantitative estimate of drug-likeness (QED) is 0.843. The molecule has 1 aromatic heterocycles. The van der Waals surface area contributed by atoms with E-state index in [9.17, 15) is 4.79 Å². The molecule has 1 fully saturated rings. The monoisotopic (exact) mass is 354 g/mol. The third-order valence-electron chi connectivity index (χ3n) is 5.74. The molecule has 0 atom stereocenters. The van der Waals surface area contributed by atoms with Gasteiger partial charge in [0.25, 0.3) is 0 Å². The van der Waals surface area contributed by atoms with Crippen molar-refractivity contribution < 1.29 is 14.1 Å². The van der Waals surface area contributed by atoms with E-state index in [0.29, 0.717) is 12.3 Å². The van der Waals surface area contributed by atoms with Gasteiger partial charge in [-0.05, 0) is 44.6 Å². The molecule has 0 saturated carbocycles. The minimum atomic E-state index is 0.174. The fraction of sp³-hybridized carbons (Fsp3) is 0.524. The number of benzene rings is 1. The van der Waals surface area contributed by atoms with Crippen molar-refractivity contribution >= 4 is 5.91 Å². The SMILES string of the molecule is COc1ccccc1CC(=O)N1CCC(c2onc3c2CCCC3)CC1. The van der Waals surface area contributed by atoms with Gasteiger partial charge in [0.2, 0.25) is 5.91 Å². The molecule has 1 amide bonds. The Bertz CT molecular complexity index is 775. The highest BCUT2D eigenvalue weighted by Gasteiger charge is 2.30. The summed E-state index contributed by atoms with van der Waals surface area (Å²) in [6, 6.07) is 7.74. The van der Waals surface area contributed by atoms with E-state index in [2.05, 4.69) is 5.16 Å². The second-order valence-electron chi connectivity index (χ2n) is 7.32. The van der Waals surface area contributed by atoms with Gasteiger partial charge >= 0.3 is 0 Å². The fourth-order valence-electron chi connectivity index (χ4n) is 4.25. The van der Waals surface area contributed by atoms with Gasteiger partial charge in [-0.3, -0.25) is 4.79 Å². The predicted molar refractivity (Wildman–Crippen MR) is 98.4 cm³/mol. The van der Waals surface area contributed by atoms with Gasteiger partial charge in [0.1, 0.15) is 11.5 Å². The zero-order chi connectivity index (χ0) is 17.9. The summed E-state index contributed by atoms with van der Waals surface area (Å²) < 4.78 is 11.1. The average molecular weight is 354 g/mol. The lowest BCUT2D eigenvalue weighted by Crippen LogP contribution is -2.38. The van der Waals surface area contributed by atoms with Crippen molar-refractivity contribution in [3.8, 4) is 5.75 Å². The predicted octanol–water partition coefficient (Wildman–Crippen LogP) is 3.51. The molecule has 5 heteroatoms. The van der Waals surface area contributed by atoms with E-state index in [0.717, 1.165) is 55.8 Å². The average Bonchev–Trinajstić information content (AvgIpc) is 3.12. The summed E-state index contributed by atoms with van der Waals surface area (Å²) >= 11 is 0. The molecule has 2 heterocycles. The molecule has 1 aromatic carbocycles. The maximum atomic E-state index is 12.7. The summed E-state index contributed by atoms with van der Waals surface area (Å²) in [5, 5.41) is 4.29. The Morgan fingerprint density at radius 2 is 2.00 bits per heavy atom. The highest BCUT2D eigenvalue weighted by Crippen LogP contribution is 2.35. The number of para-hydroxylation sites is 1. The first-order valence-electron chi connectivity index (χ1n) is 9.63. The van der Waals surface area contributed by atoms with Gasteiger partial charge in [-0.1, -0.05) is 23.4 Å². The Morgan fingerprint density at radius 1 is 1.23 bits per heavy atom. The summed E-state index contributed by atoms with van der Waals surface area (Å²) in [6.45, 7) is 1.57. The van der Waals surface area contributed by atoms with Crippen molar-refractivity contribution in [3.63, 3.8) is 0 Å². The van der Waals surface area contributed by atoms with Crippen molar-refractivity contribution in [3.05, 3.63) is 46.8 Å². The number of nitrogens with zero attached hydrogens (tertiary/aromatic N) is 2. The molecule has 2 aromatic rings. The molecule has 2 aliphatic rings. The summed E-state index contributed by atoms with van der Waals surface area (Å²) in [7, 11) is 1.65. The molecule has 0 unspecified atom stereocenters. The zero-order valence-electron chi connectivity index (χ0n) is 15.4. The number of amides is 1. The van der Waals surface area contributed by atoms with Crippen LogP contribution in [0.1, 0.15) is 54.2 Å². The molecule has 5 nitrogen and oxygen atoms in total. The molecule has 1 aliphatic carbocycles. The van der Waals surface area contributed by atoms with Crippen molar-refractivity contribution in [2.24, 2.45) is 0 Å². The maximum Gasteiger partial charge on any atom is 0.227 e. The Labute approximate surface area is 154 Å². The zero-order valence-corrected chi connectivity index (χ0v) is 15.4. The fourth-order valence-corrected chi connectivity index (χ4v) is 4.25. The Balaban J connectivity index is 1.37. The number of hydrogen-bond donors (Lipinski definition) is 0. The minimum absolute atomic E-state index is 0.174. The molecule has 138 valence electrons. The van der Waals surface area contributed by atoms with Crippen LogP contribution in [0.2, 0.25) is 0 Å². The number of carbonyl (C=O) groups is 1. The van der Waals surface area contributed by atoms with Crippen LogP contribution in [0.5, 0.6) is 5.75 Å². The molecular formula is C21H26N2O3. The molecule has 1 aliphatic heterocycles. The van der Waals surface area contributed by atoms with Gasteiger partial charge in [0.05, 0.1) is 19.2 Å². The number of carbonyl (C=O) groups excluding carboxylic acids is 1. The van der Waals surface area contributed by atoms with Crippen molar-refractivity contribution in [1.82, 2.24) is 10.1 Å². The molecular weight excluding hydrogens is 328 g/mol. The van der Waals surface area contributed by atoms with E-state index >= 15 is 0 Å². The number of ether oxygens (including phenoxy) is 1. The van der Waals surface area contributed by atoms with Crippen LogP contribution in [0.25, 0.3) is 0 Å². The van der Waals surface area contributed by atoms with Crippen molar-refractivity contribution in [2.45, 2.75) is 50.9 Å². The number of methoxy groups -OCH3 is 1. The van der Waals surface area contributed by atoms with Gasteiger partial charge in [-0.15, -0.1) is 0 Å². The Hall–Kier alpha value is -2.30. The standard InChI is InChI=1S/C21H26N2O3/c1-25-19-9-5-2-6-16(19)14-20(24)23-12-10-15(11-13-23)21-17-7-3-4-8-18(17)22-26-21/h2,5-6,9,15H,3-4,7-8,10-14H2,1H3. The van der Waals surface area contributed by atoms with Crippen LogP contribution in [0, 0.1) is 0 Å². The Kier molecular flexibility index (Phi) is 4.96. The topological polar surface area (TPSA) is 55.6 Å². The van der Waals surface area contributed by atoms with E-state index in [4.69, 9.17) is 9.26 Å². The van der Waals surface area contributed by atoms with E-state index in [1.807, 2.05) is 29.2 Å². The van der Waals surface area contributed by atoms with Crippen LogP contribution in [-0.4, -0.2) is 36.2 Å². The van der Waals surface area contributed by atoms with Crippen LogP contribution < -0.4 is 4.74 Å².